The lowest BCUT2D eigenvalue weighted by atomic mass is 10.2. The van der Waals surface area contributed by atoms with Gasteiger partial charge in [0.25, 0.3) is 0 Å². The van der Waals surface area contributed by atoms with Crippen LogP contribution >= 0.6 is 11.3 Å². The fourth-order valence-corrected chi connectivity index (χ4v) is 2.31. The highest BCUT2D eigenvalue weighted by Gasteiger charge is 2.10. The SMILES string of the molecule is Cc1ccsc1-c1cc(CNC(C)C)no1. The van der Waals surface area contributed by atoms with Gasteiger partial charge in [-0.3, -0.25) is 0 Å². The van der Waals surface area contributed by atoms with Crippen LogP contribution in [0.3, 0.4) is 0 Å². The molecule has 2 aromatic heterocycles. The van der Waals surface area contributed by atoms with E-state index in [1.165, 1.54) is 10.4 Å². The van der Waals surface area contributed by atoms with Gasteiger partial charge in [-0.25, -0.2) is 0 Å². The Morgan fingerprint density at radius 1 is 1.50 bits per heavy atom. The zero-order valence-corrected chi connectivity index (χ0v) is 10.6. The van der Waals surface area contributed by atoms with Gasteiger partial charge >= 0.3 is 0 Å². The molecule has 0 bridgehead atoms. The van der Waals surface area contributed by atoms with Gasteiger partial charge in [0.15, 0.2) is 5.76 Å². The average Bonchev–Trinajstić information content (AvgIpc) is 2.83. The van der Waals surface area contributed by atoms with E-state index < -0.39 is 0 Å². The largest absolute Gasteiger partial charge is 0.355 e. The van der Waals surface area contributed by atoms with Crippen molar-refractivity contribution < 1.29 is 4.52 Å². The van der Waals surface area contributed by atoms with E-state index in [-0.39, 0.29) is 0 Å². The molecule has 16 heavy (non-hydrogen) atoms. The first-order valence-corrected chi connectivity index (χ1v) is 6.28. The van der Waals surface area contributed by atoms with Gasteiger partial charge in [0.05, 0.1) is 10.6 Å². The van der Waals surface area contributed by atoms with Crippen molar-refractivity contribution in [3.8, 4) is 10.6 Å². The Morgan fingerprint density at radius 3 is 2.94 bits per heavy atom. The highest BCUT2D eigenvalue weighted by atomic mass is 32.1. The van der Waals surface area contributed by atoms with Crippen molar-refractivity contribution in [2.24, 2.45) is 0 Å². The molecule has 2 rings (SSSR count). The lowest BCUT2D eigenvalue weighted by Crippen LogP contribution is -2.21. The van der Waals surface area contributed by atoms with E-state index in [1.54, 1.807) is 11.3 Å². The molecule has 3 nitrogen and oxygen atoms in total. The quantitative estimate of drug-likeness (QED) is 0.885. The van der Waals surface area contributed by atoms with Gasteiger partial charge in [0.2, 0.25) is 0 Å². The van der Waals surface area contributed by atoms with Gasteiger partial charge in [0, 0.05) is 18.7 Å². The molecule has 0 radical (unpaired) electrons. The second kappa shape index (κ2) is 4.80. The minimum Gasteiger partial charge on any atom is -0.355 e. The number of aryl methyl sites for hydroxylation is 1. The summed E-state index contributed by atoms with van der Waals surface area (Å²) >= 11 is 1.69. The number of nitrogens with zero attached hydrogens (tertiary/aromatic N) is 1. The van der Waals surface area contributed by atoms with Crippen molar-refractivity contribution in [1.82, 2.24) is 10.5 Å². The molecule has 0 atom stereocenters. The van der Waals surface area contributed by atoms with Crippen molar-refractivity contribution in [2.45, 2.75) is 33.4 Å². The molecule has 0 spiro atoms. The van der Waals surface area contributed by atoms with Gasteiger partial charge in [0.1, 0.15) is 0 Å². The van der Waals surface area contributed by atoms with Gasteiger partial charge in [-0.05, 0) is 23.9 Å². The summed E-state index contributed by atoms with van der Waals surface area (Å²) in [6.07, 6.45) is 0. The molecule has 2 aromatic rings. The minimum absolute atomic E-state index is 0.462. The number of aromatic nitrogens is 1. The summed E-state index contributed by atoms with van der Waals surface area (Å²) in [7, 11) is 0. The Bertz CT molecular complexity index is 459. The maximum absolute atomic E-state index is 5.34. The van der Waals surface area contributed by atoms with Crippen molar-refractivity contribution in [1.29, 1.82) is 0 Å². The van der Waals surface area contributed by atoms with Crippen molar-refractivity contribution >= 4 is 11.3 Å². The third-order valence-electron chi connectivity index (χ3n) is 2.34. The van der Waals surface area contributed by atoms with E-state index in [0.717, 1.165) is 18.0 Å². The second-order valence-electron chi connectivity index (χ2n) is 4.15. The summed E-state index contributed by atoms with van der Waals surface area (Å²) in [6.45, 7) is 7.07. The normalized spacial score (nSPS) is 11.2. The van der Waals surface area contributed by atoms with Crippen molar-refractivity contribution in [2.75, 3.05) is 0 Å². The molecule has 4 heteroatoms. The van der Waals surface area contributed by atoms with E-state index in [2.05, 4.69) is 42.7 Å². The van der Waals surface area contributed by atoms with Crippen LogP contribution in [0, 0.1) is 6.92 Å². The zero-order chi connectivity index (χ0) is 11.5. The van der Waals surface area contributed by atoms with Gasteiger partial charge in [-0.15, -0.1) is 11.3 Å². The topological polar surface area (TPSA) is 38.1 Å². The first-order valence-electron chi connectivity index (χ1n) is 5.40. The summed E-state index contributed by atoms with van der Waals surface area (Å²) in [5.41, 5.74) is 2.20. The fourth-order valence-electron chi connectivity index (χ4n) is 1.44. The first-order chi connectivity index (χ1) is 7.66. The fraction of sp³-hybridized carbons (Fsp3) is 0.417. The van der Waals surface area contributed by atoms with Crippen LogP contribution in [0.5, 0.6) is 0 Å². The van der Waals surface area contributed by atoms with Crippen LogP contribution in [0.15, 0.2) is 22.0 Å². The standard InChI is InChI=1S/C12H16N2OS/c1-8(2)13-7-10-6-11(15-14-10)12-9(3)4-5-16-12/h4-6,8,13H,7H2,1-3H3. The molecule has 0 saturated heterocycles. The Kier molecular flexibility index (Phi) is 3.41. The Morgan fingerprint density at radius 2 is 2.31 bits per heavy atom. The summed E-state index contributed by atoms with van der Waals surface area (Å²) in [6, 6.07) is 4.56. The first kappa shape index (κ1) is 11.4. The number of nitrogens with one attached hydrogen (secondary N) is 1. The minimum atomic E-state index is 0.462. The molecule has 0 unspecified atom stereocenters. The van der Waals surface area contributed by atoms with E-state index >= 15 is 0 Å². The van der Waals surface area contributed by atoms with Gasteiger partial charge < -0.3 is 9.84 Å². The van der Waals surface area contributed by atoms with Crippen LogP contribution in [0.2, 0.25) is 0 Å². The van der Waals surface area contributed by atoms with Crippen LogP contribution in [0.4, 0.5) is 0 Å². The van der Waals surface area contributed by atoms with Crippen molar-refractivity contribution in [3.63, 3.8) is 0 Å². The number of hydrogen-bond donors (Lipinski definition) is 1. The molecular weight excluding hydrogens is 220 g/mol. The van der Waals surface area contributed by atoms with E-state index in [1.807, 2.05) is 6.07 Å². The Balaban J connectivity index is 2.11. The van der Waals surface area contributed by atoms with Gasteiger partial charge in [-0.2, -0.15) is 0 Å². The van der Waals surface area contributed by atoms with E-state index in [0.29, 0.717) is 6.04 Å². The predicted octanol–water partition coefficient (Wildman–Crippen LogP) is 3.21. The summed E-state index contributed by atoms with van der Waals surface area (Å²) < 4.78 is 5.34. The molecule has 86 valence electrons. The molecule has 0 saturated carbocycles. The summed E-state index contributed by atoms with van der Waals surface area (Å²) in [4.78, 5) is 1.17. The highest BCUT2D eigenvalue weighted by Crippen LogP contribution is 2.29. The lowest BCUT2D eigenvalue weighted by Gasteiger charge is -2.03. The molecule has 0 aliphatic heterocycles. The van der Waals surface area contributed by atoms with Crippen LogP contribution in [0.25, 0.3) is 10.6 Å². The van der Waals surface area contributed by atoms with Crippen LogP contribution < -0.4 is 5.32 Å². The Hall–Kier alpha value is -1.13. The predicted molar refractivity (Wildman–Crippen MR) is 66.5 cm³/mol. The molecular formula is C12H16N2OS. The van der Waals surface area contributed by atoms with Crippen LogP contribution in [0.1, 0.15) is 25.1 Å². The highest BCUT2D eigenvalue weighted by molar-refractivity contribution is 7.13. The molecule has 0 fully saturated rings. The summed E-state index contributed by atoms with van der Waals surface area (Å²) in [5, 5.41) is 9.44. The van der Waals surface area contributed by atoms with Crippen molar-refractivity contribution in [3.05, 3.63) is 28.8 Å². The third-order valence-corrected chi connectivity index (χ3v) is 3.37. The molecule has 1 N–H and O–H groups in total. The van der Waals surface area contributed by atoms with Gasteiger partial charge in [-0.1, -0.05) is 19.0 Å². The third kappa shape index (κ3) is 2.51. The molecule has 2 heterocycles. The van der Waals surface area contributed by atoms with E-state index in [4.69, 9.17) is 4.52 Å². The summed E-state index contributed by atoms with van der Waals surface area (Å²) in [5.74, 6) is 0.869. The average molecular weight is 236 g/mol. The molecule has 0 aromatic carbocycles. The number of thiophene rings is 1. The monoisotopic (exact) mass is 236 g/mol. The maximum Gasteiger partial charge on any atom is 0.177 e. The number of rotatable bonds is 4. The van der Waals surface area contributed by atoms with Crippen LogP contribution in [-0.2, 0) is 6.54 Å². The molecule has 0 aliphatic carbocycles. The maximum atomic E-state index is 5.34. The Labute approximate surface area is 99.5 Å². The second-order valence-corrected chi connectivity index (χ2v) is 5.07. The molecule has 0 aliphatic rings. The number of hydrogen-bond acceptors (Lipinski definition) is 4. The van der Waals surface area contributed by atoms with Crippen LogP contribution in [-0.4, -0.2) is 11.2 Å². The smallest absolute Gasteiger partial charge is 0.177 e. The lowest BCUT2D eigenvalue weighted by molar-refractivity contribution is 0.418. The molecule has 0 amide bonds. The zero-order valence-electron chi connectivity index (χ0n) is 9.78. The van der Waals surface area contributed by atoms with E-state index in [9.17, 15) is 0 Å².